The molecule has 2 aromatic carbocycles. The molecular weight excluding hydrogens is 358 g/mol. The first kappa shape index (κ1) is 19.2. The highest BCUT2D eigenvalue weighted by Crippen LogP contribution is 2.29. The minimum atomic E-state index is 0.131. The summed E-state index contributed by atoms with van der Waals surface area (Å²) >= 11 is 0. The van der Waals surface area contributed by atoms with Crippen LogP contribution in [0.5, 0.6) is 0 Å². The third kappa shape index (κ3) is 4.83. The standard InChI is InChI=1S/C25H27N3O/c29-25-27(18-19-28(25)20-23-14-7-8-16-26-23)17-9-15-24(21-10-3-1-4-11-21)22-12-5-2-6-13-22/h1-8,10-14,16,24H,9,15,17-20H2. The van der Waals surface area contributed by atoms with Crippen molar-refractivity contribution in [3.05, 3.63) is 102 Å². The fraction of sp³-hybridized carbons (Fsp3) is 0.280. The second-order valence-corrected chi connectivity index (χ2v) is 7.53. The van der Waals surface area contributed by atoms with E-state index in [1.807, 2.05) is 28.0 Å². The lowest BCUT2D eigenvalue weighted by atomic mass is 9.87. The monoisotopic (exact) mass is 385 g/mol. The zero-order valence-electron chi connectivity index (χ0n) is 16.7. The normalized spacial score (nSPS) is 14.0. The second kappa shape index (κ2) is 9.37. The Morgan fingerprint density at radius 1 is 0.793 bits per heavy atom. The summed E-state index contributed by atoms with van der Waals surface area (Å²) in [7, 11) is 0. The SMILES string of the molecule is O=C1N(CCCC(c2ccccc2)c2ccccc2)CCN1Cc1ccccn1. The molecule has 3 aromatic rings. The molecule has 1 aromatic heterocycles. The molecule has 2 heterocycles. The predicted molar refractivity (Wildman–Crippen MR) is 116 cm³/mol. The van der Waals surface area contributed by atoms with E-state index in [1.54, 1.807) is 6.20 Å². The summed E-state index contributed by atoms with van der Waals surface area (Å²) in [6, 6.07) is 27.3. The fourth-order valence-electron chi connectivity index (χ4n) is 4.06. The van der Waals surface area contributed by atoms with E-state index in [-0.39, 0.29) is 6.03 Å². The van der Waals surface area contributed by atoms with Gasteiger partial charge in [-0.15, -0.1) is 0 Å². The topological polar surface area (TPSA) is 36.4 Å². The van der Waals surface area contributed by atoms with Gasteiger partial charge in [-0.05, 0) is 36.1 Å². The summed E-state index contributed by atoms with van der Waals surface area (Å²) < 4.78 is 0. The molecule has 1 saturated heterocycles. The van der Waals surface area contributed by atoms with Crippen LogP contribution in [0.3, 0.4) is 0 Å². The van der Waals surface area contributed by atoms with Gasteiger partial charge in [0, 0.05) is 31.7 Å². The highest BCUT2D eigenvalue weighted by Gasteiger charge is 2.28. The van der Waals surface area contributed by atoms with Crippen LogP contribution in [0.4, 0.5) is 4.79 Å². The summed E-state index contributed by atoms with van der Waals surface area (Å²) in [5.74, 6) is 0.361. The van der Waals surface area contributed by atoms with Crippen molar-refractivity contribution in [3.8, 4) is 0 Å². The minimum absolute atomic E-state index is 0.131. The van der Waals surface area contributed by atoms with E-state index in [1.165, 1.54) is 11.1 Å². The van der Waals surface area contributed by atoms with E-state index >= 15 is 0 Å². The molecule has 0 aliphatic carbocycles. The predicted octanol–water partition coefficient (Wildman–Crippen LogP) is 4.93. The first-order valence-corrected chi connectivity index (χ1v) is 10.3. The molecule has 4 heteroatoms. The number of aromatic nitrogens is 1. The van der Waals surface area contributed by atoms with Crippen LogP contribution >= 0.6 is 0 Å². The van der Waals surface area contributed by atoms with Crippen molar-refractivity contribution in [2.24, 2.45) is 0 Å². The number of carbonyl (C=O) groups is 1. The molecule has 0 radical (unpaired) electrons. The molecule has 0 unspecified atom stereocenters. The number of urea groups is 1. The van der Waals surface area contributed by atoms with Crippen molar-refractivity contribution in [2.45, 2.75) is 25.3 Å². The Kier molecular flexibility index (Phi) is 6.20. The van der Waals surface area contributed by atoms with Crippen LogP contribution in [-0.4, -0.2) is 40.4 Å². The number of hydrogen-bond acceptors (Lipinski definition) is 2. The van der Waals surface area contributed by atoms with E-state index in [4.69, 9.17) is 0 Å². The molecule has 0 atom stereocenters. The first-order chi connectivity index (χ1) is 14.3. The third-order valence-corrected chi connectivity index (χ3v) is 5.58. The quantitative estimate of drug-likeness (QED) is 0.551. The van der Waals surface area contributed by atoms with E-state index in [0.717, 1.165) is 38.2 Å². The van der Waals surface area contributed by atoms with Crippen molar-refractivity contribution in [1.29, 1.82) is 0 Å². The maximum atomic E-state index is 12.7. The molecule has 29 heavy (non-hydrogen) atoms. The van der Waals surface area contributed by atoms with Crippen LogP contribution in [0.1, 0.15) is 35.6 Å². The van der Waals surface area contributed by atoms with Gasteiger partial charge >= 0.3 is 6.03 Å². The molecule has 1 fully saturated rings. The second-order valence-electron chi connectivity index (χ2n) is 7.53. The van der Waals surface area contributed by atoms with Crippen LogP contribution in [0.15, 0.2) is 85.1 Å². The van der Waals surface area contributed by atoms with Crippen molar-refractivity contribution in [3.63, 3.8) is 0 Å². The lowest BCUT2D eigenvalue weighted by Gasteiger charge is -2.21. The summed E-state index contributed by atoms with van der Waals surface area (Å²) in [6.07, 6.45) is 3.79. The maximum absolute atomic E-state index is 12.7. The molecule has 148 valence electrons. The summed E-state index contributed by atoms with van der Waals surface area (Å²) in [6.45, 7) is 2.96. The number of pyridine rings is 1. The Morgan fingerprint density at radius 2 is 1.41 bits per heavy atom. The molecule has 0 bridgehead atoms. The Balaban J connectivity index is 1.35. The van der Waals surface area contributed by atoms with Crippen molar-refractivity contribution < 1.29 is 4.79 Å². The van der Waals surface area contributed by atoms with Crippen molar-refractivity contribution in [2.75, 3.05) is 19.6 Å². The van der Waals surface area contributed by atoms with Crippen LogP contribution in [0, 0.1) is 0 Å². The molecule has 0 saturated carbocycles. The van der Waals surface area contributed by atoms with Crippen molar-refractivity contribution >= 4 is 6.03 Å². The van der Waals surface area contributed by atoms with E-state index in [0.29, 0.717) is 12.5 Å². The number of benzene rings is 2. The average molecular weight is 386 g/mol. The third-order valence-electron chi connectivity index (χ3n) is 5.58. The summed E-state index contributed by atoms with van der Waals surface area (Å²) in [5.41, 5.74) is 3.61. The largest absolute Gasteiger partial charge is 0.323 e. The first-order valence-electron chi connectivity index (χ1n) is 10.3. The molecule has 0 spiro atoms. The molecular formula is C25H27N3O. The van der Waals surface area contributed by atoms with Crippen LogP contribution in [-0.2, 0) is 6.54 Å². The molecule has 1 aliphatic heterocycles. The highest BCUT2D eigenvalue weighted by molar-refractivity contribution is 5.76. The molecule has 4 rings (SSSR count). The summed E-state index contributed by atoms with van der Waals surface area (Å²) in [4.78, 5) is 21.0. The van der Waals surface area contributed by atoms with Gasteiger partial charge in [0.1, 0.15) is 0 Å². The van der Waals surface area contributed by atoms with Gasteiger partial charge in [-0.1, -0.05) is 66.7 Å². The Labute approximate surface area is 172 Å². The van der Waals surface area contributed by atoms with Gasteiger partial charge in [0.25, 0.3) is 0 Å². The Bertz CT molecular complexity index is 860. The van der Waals surface area contributed by atoms with Gasteiger partial charge in [-0.25, -0.2) is 4.79 Å². The number of hydrogen-bond donors (Lipinski definition) is 0. The van der Waals surface area contributed by atoms with Crippen LogP contribution < -0.4 is 0 Å². The molecule has 2 amide bonds. The minimum Gasteiger partial charge on any atom is -0.323 e. The average Bonchev–Trinajstić information content (AvgIpc) is 3.12. The Hall–Kier alpha value is -3.14. The van der Waals surface area contributed by atoms with E-state index in [2.05, 4.69) is 65.6 Å². The number of nitrogens with zero attached hydrogens (tertiary/aromatic N) is 3. The zero-order chi connectivity index (χ0) is 19.9. The van der Waals surface area contributed by atoms with Crippen LogP contribution in [0.2, 0.25) is 0 Å². The van der Waals surface area contributed by atoms with Gasteiger partial charge in [0.15, 0.2) is 0 Å². The highest BCUT2D eigenvalue weighted by atomic mass is 16.2. The molecule has 4 nitrogen and oxygen atoms in total. The number of rotatable bonds is 8. The lowest BCUT2D eigenvalue weighted by Crippen LogP contribution is -2.32. The van der Waals surface area contributed by atoms with Gasteiger partial charge in [-0.2, -0.15) is 0 Å². The maximum Gasteiger partial charge on any atom is 0.320 e. The lowest BCUT2D eigenvalue weighted by molar-refractivity contribution is 0.189. The van der Waals surface area contributed by atoms with Gasteiger partial charge in [0.2, 0.25) is 0 Å². The zero-order valence-corrected chi connectivity index (χ0v) is 16.7. The van der Waals surface area contributed by atoms with Crippen molar-refractivity contribution in [1.82, 2.24) is 14.8 Å². The van der Waals surface area contributed by atoms with Gasteiger partial charge in [-0.3, -0.25) is 4.98 Å². The molecule has 0 N–H and O–H groups in total. The van der Waals surface area contributed by atoms with Crippen LogP contribution in [0.25, 0.3) is 0 Å². The smallest absolute Gasteiger partial charge is 0.320 e. The summed E-state index contributed by atoms with van der Waals surface area (Å²) in [5, 5.41) is 0. The van der Waals surface area contributed by atoms with Gasteiger partial charge in [0.05, 0.1) is 12.2 Å². The van der Waals surface area contributed by atoms with Gasteiger partial charge < -0.3 is 9.80 Å². The Morgan fingerprint density at radius 3 is 2.03 bits per heavy atom. The van der Waals surface area contributed by atoms with E-state index in [9.17, 15) is 4.79 Å². The van der Waals surface area contributed by atoms with E-state index < -0.39 is 0 Å². The molecule has 1 aliphatic rings. The fourth-order valence-corrected chi connectivity index (χ4v) is 4.06. The number of amides is 2. The number of carbonyl (C=O) groups excluding carboxylic acids is 1.